The molecule has 1 aliphatic carbocycles. The number of halogens is 2. The third kappa shape index (κ3) is 2.99. The molecule has 1 saturated carbocycles. The van der Waals surface area contributed by atoms with E-state index in [-0.39, 0.29) is 6.04 Å². The molecular formula is C17H17F2NO. The van der Waals surface area contributed by atoms with Crippen LogP contribution in [0, 0.1) is 11.6 Å². The first-order chi connectivity index (χ1) is 10.2. The zero-order chi connectivity index (χ0) is 14.8. The number of rotatable bonds is 4. The summed E-state index contributed by atoms with van der Waals surface area (Å²) < 4.78 is 31.7. The number of hydrogen-bond acceptors (Lipinski definition) is 2. The highest BCUT2D eigenvalue weighted by atomic mass is 19.1. The van der Waals surface area contributed by atoms with Gasteiger partial charge in [-0.15, -0.1) is 0 Å². The van der Waals surface area contributed by atoms with E-state index in [0.29, 0.717) is 11.6 Å². The Morgan fingerprint density at radius 1 is 1.05 bits per heavy atom. The molecule has 0 atom stereocenters. The van der Waals surface area contributed by atoms with Gasteiger partial charge >= 0.3 is 0 Å². The summed E-state index contributed by atoms with van der Waals surface area (Å²) in [5, 5.41) is 3.18. The van der Waals surface area contributed by atoms with Crippen molar-refractivity contribution in [3.05, 3.63) is 59.7 Å². The Balaban J connectivity index is 1.63. The maximum Gasteiger partial charge on any atom is 0.128 e. The summed E-state index contributed by atoms with van der Waals surface area (Å²) in [6, 6.07) is 11.7. The lowest BCUT2D eigenvalue weighted by Gasteiger charge is -2.37. The fraction of sp³-hybridized carbons (Fsp3) is 0.294. The number of nitrogens with one attached hydrogen (secondary N) is 1. The van der Waals surface area contributed by atoms with Gasteiger partial charge in [0.2, 0.25) is 0 Å². The second-order valence-corrected chi connectivity index (χ2v) is 5.41. The molecular weight excluding hydrogens is 272 g/mol. The second kappa shape index (κ2) is 5.72. The average molecular weight is 289 g/mol. The molecule has 1 N–H and O–H groups in total. The van der Waals surface area contributed by atoms with Crippen LogP contribution in [0.3, 0.4) is 0 Å². The molecule has 21 heavy (non-hydrogen) atoms. The topological polar surface area (TPSA) is 21.3 Å². The van der Waals surface area contributed by atoms with Gasteiger partial charge in [0.15, 0.2) is 0 Å². The first-order valence-corrected chi connectivity index (χ1v) is 7.01. The van der Waals surface area contributed by atoms with Crippen molar-refractivity contribution >= 4 is 5.69 Å². The molecule has 0 radical (unpaired) electrons. The van der Waals surface area contributed by atoms with Crippen molar-refractivity contribution in [2.24, 2.45) is 0 Å². The Morgan fingerprint density at radius 3 is 2.38 bits per heavy atom. The van der Waals surface area contributed by atoms with E-state index >= 15 is 0 Å². The molecule has 1 aliphatic rings. The average Bonchev–Trinajstić information content (AvgIpc) is 2.41. The van der Waals surface area contributed by atoms with Gasteiger partial charge in [-0.25, -0.2) is 8.78 Å². The van der Waals surface area contributed by atoms with Gasteiger partial charge in [-0.05, 0) is 42.5 Å². The van der Waals surface area contributed by atoms with Crippen LogP contribution in [0.4, 0.5) is 14.5 Å². The van der Waals surface area contributed by atoms with Crippen LogP contribution in [0.5, 0.6) is 5.75 Å². The van der Waals surface area contributed by atoms with E-state index < -0.39 is 11.6 Å². The fourth-order valence-electron chi connectivity index (χ4n) is 2.87. The summed E-state index contributed by atoms with van der Waals surface area (Å²) in [5.74, 6) is 0.214. The third-order valence-electron chi connectivity index (χ3n) is 3.95. The Hall–Kier alpha value is -2.10. The van der Waals surface area contributed by atoms with Crippen LogP contribution < -0.4 is 10.1 Å². The molecule has 2 aromatic rings. The van der Waals surface area contributed by atoms with Gasteiger partial charge in [-0.3, -0.25) is 0 Å². The number of ether oxygens (including phenoxy) is 1. The van der Waals surface area contributed by atoms with Crippen molar-refractivity contribution in [3.8, 4) is 5.75 Å². The lowest BCUT2D eigenvalue weighted by Crippen LogP contribution is -2.34. The van der Waals surface area contributed by atoms with Crippen LogP contribution in [0.1, 0.15) is 24.3 Å². The largest absolute Gasteiger partial charge is 0.496 e. The predicted octanol–water partition coefficient (Wildman–Crippen LogP) is 4.33. The maximum absolute atomic E-state index is 13.1. The van der Waals surface area contributed by atoms with Gasteiger partial charge in [0.05, 0.1) is 7.11 Å². The smallest absolute Gasteiger partial charge is 0.128 e. The Bertz CT molecular complexity index is 618. The molecule has 0 aliphatic heterocycles. The Kier molecular flexibility index (Phi) is 3.78. The zero-order valence-corrected chi connectivity index (χ0v) is 11.8. The minimum absolute atomic E-state index is 0.237. The molecule has 0 saturated heterocycles. The van der Waals surface area contributed by atoms with E-state index in [1.54, 1.807) is 7.11 Å². The lowest BCUT2D eigenvalue weighted by atomic mass is 9.75. The van der Waals surface area contributed by atoms with Gasteiger partial charge in [-0.1, -0.05) is 18.2 Å². The number of para-hydroxylation sites is 1. The monoisotopic (exact) mass is 289 g/mol. The molecule has 2 nitrogen and oxygen atoms in total. The van der Waals surface area contributed by atoms with E-state index in [1.807, 2.05) is 18.2 Å². The summed E-state index contributed by atoms with van der Waals surface area (Å²) in [7, 11) is 1.67. The van der Waals surface area contributed by atoms with Crippen LogP contribution in [-0.4, -0.2) is 13.2 Å². The SMILES string of the molecule is COc1ccccc1C1CC(Nc2cc(F)cc(F)c2)C1. The van der Waals surface area contributed by atoms with Crippen LogP contribution in [0.15, 0.2) is 42.5 Å². The van der Waals surface area contributed by atoms with Gasteiger partial charge in [0.25, 0.3) is 0 Å². The minimum atomic E-state index is -0.557. The molecule has 0 bridgehead atoms. The van der Waals surface area contributed by atoms with Gasteiger partial charge in [0, 0.05) is 17.8 Å². The predicted molar refractivity (Wildman–Crippen MR) is 78.7 cm³/mol. The fourth-order valence-corrected chi connectivity index (χ4v) is 2.87. The Morgan fingerprint density at radius 2 is 1.71 bits per heavy atom. The zero-order valence-electron chi connectivity index (χ0n) is 11.8. The molecule has 110 valence electrons. The van der Waals surface area contributed by atoms with Crippen LogP contribution in [0.25, 0.3) is 0 Å². The van der Waals surface area contributed by atoms with Crippen LogP contribution in [0.2, 0.25) is 0 Å². The van der Waals surface area contributed by atoms with Crippen molar-refractivity contribution in [3.63, 3.8) is 0 Å². The quantitative estimate of drug-likeness (QED) is 0.904. The molecule has 0 amide bonds. The van der Waals surface area contributed by atoms with E-state index in [0.717, 1.165) is 24.7 Å². The normalized spacial score (nSPS) is 20.7. The Labute approximate surface area is 122 Å². The molecule has 0 unspecified atom stereocenters. The molecule has 3 rings (SSSR count). The highest BCUT2D eigenvalue weighted by Gasteiger charge is 2.32. The number of benzene rings is 2. The number of methoxy groups -OCH3 is 1. The van der Waals surface area contributed by atoms with Crippen molar-refractivity contribution in [1.82, 2.24) is 0 Å². The van der Waals surface area contributed by atoms with Crippen molar-refractivity contribution < 1.29 is 13.5 Å². The lowest BCUT2D eigenvalue weighted by molar-refractivity contribution is 0.349. The van der Waals surface area contributed by atoms with Crippen molar-refractivity contribution in [2.75, 3.05) is 12.4 Å². The van der Waals surface area contributed by atoms with E-state index in [1.165, 1.54) is 17.7 Å². The summed E-state index contributed by atoms with van der Waals surface area (Å²) in [6.45, 7) is 0. The standard InChI is InChI=1S/C17H17F2NO/c1-21-17-5-3-2-4-16(17)11-6-14(7-11)20-15-9-12(18)8-13(19)10-15/h2-5,8-11,14,20H,6-7H2,1H3. The highest BCUT2D eigenvalue weighted by Crippen LogP contribution is 2.42. The van der Waals surface area contributed by atoms with E-state index in [9.17, 15) is 8.78 Å². The van der Waals surface area contributed by atoms with Crippen LogP contribution in [-0.2, 0) is 0 Å². The second-order valence-electron chi connectivity index (χ2n) is 5.41. The van der Waals surface area contributed by atoms with Gasteiger partial charge in [-0.2, -0.15) is 0 Å². The van der Waals surface area contributed by atoms with Crippen molar-refractivity contribution in [1.29, 1.82) is 0 Å². The summed E-state index contributed by atoms with van der Waals surface area (Å²) in [6.07, 6.45) is 1.86. The first-order valence-electron chi connectivity index (χ1n) is 7.01. The third-order valence-corrected chi connectivity index (χ3v) is 3.95. The highest BCUT2D eigenvalue weighted by molar-refractivity contribution is 5.46. The molecule has 0 heterocycles. The molecule has 0 aromatic heterocycles. The molecule has 4 heteroatoms. The number of hydrogen-bond donors (Lipinski definition) is 1. The molecule has 1 fully saturated rings. The maximum atomic E-state index is 13.1. The first kappa shape index (κ1) is 13.9. The summed E-state index contributed by atoms with van der Waals surface area (Å²) in [5.41, 5.74) is 1.69. The van der Waals surface area contributed by atoms with E-state index in [4.69, 9.17) is 4.74 Å². The van der Waals surface area contributed by atoms with E-state index in [2.05, 4.69) is 11.4 Å². The minimum Gasteiger partial charge on any atom is -0.496 e. The summed E-state index contributed by atoms with van der Waals surface area (Å²) >= 11 is 0. The molecule has 2 aromatic carbocycles. The molecule has 0 spiro atoms. The van der Waals surface area contributed by atoms with Crippen LogP contribution >= 0.6 is 0 Å². The number of anilines is 1. The summed E-state index contributed by atoms with van der Waals surface area (Å²) in [4.78, 5) is 0. The van der Waals surface area contributed by atoms with Gasteiger partial charge < -0.3 is 10.1 Å². The van der Waals surface area contributed by atoms with Gasteiger partial charge in [0.1, 0.15) is 17.4 Å². The van der Waals surface area contributed by atoms with Crippen molar-refractivity contribution in [2.45, 2.75) is 24.8 Å².